The van der Waals surface area contributed by atoms with Gasteiger partial charge in [0.1, 0.15) is 0 Å². The predicted octanol–water partition coefficient (Wildman–Crippen LogP) is 1.81. The summed E-state index contributed by atoms with van der Waals surface area (Å²) in [5.74, 6) is 0. The van der Waals surface area contributed by atoms with Gasteiger partial charge in [0.15, 0.2) is 0 Å². The quantitative estimate of drug-likeness (QED) is 0.420. The van der Waals surface area contributed by atoms with Gasteiger partial charge in [0.2, 0.25) is 0 Å². The topological polar surface area (TPSA) is 35.8 Å². The van der Waals surface area contributed by atoms with E-state index in [1.807, 2.05) is 36.4 Å². The fraction of sp³-hybridized carbons (Fsp3) is 0.125. The number of nitrogens with zero attached hydrogens (tertiary/aromatic N) is 1. The Bertz CT molecular complexity index is 240. The van der Waals surface area contributed by atoms with Crippen molar-refractivity contribution in [2.75, 3.05) is 6.54 Å². The van der Waals surface area contributed by atoms with Crippen LogP contribution in [0.4, 0.5) is 0 Å². The molecule has 1 aromatic rings. The summed E-state index contributed by atoms with van der Waals surface area (Å²) < 4.78 is 2.91. The highest BCUT2D eigenvalue weighted by Gasteiger charge is 1.88. The molecule has 11 heavy (non-hydrogen) atoms. The number of hydrogen-bond acceptors (Lipinski definition) is 3. The molecule has 0 atom stereocenters. The first-order chi connectivity index (χ1) is 5.43. The van der Waals surface area contributed by atoms with E-state index in [1.165, 1.54) is 11.9 Å². The summed E-state index contributed by atoms with van der Waals surface area (Å²) in [7, 11) is 0. The maximum atomic E-state index is 8.22. The van der Waals surface area contributed by atoms with Crippen molar-refractivity contribution < 1.29 is 0 Å². The van der Waals surface area contributed by atoms with Gasteiger partial charge < -0.3 is 0 Å². The van der Waals surface area contributed by atoms with Crippen LogP contribution in [0.15, 0.2) is 35.2 Å². The monoisotopic (exact) mass is 164 g/mol. The van der Waals surface area contributed by atoms with E-state index in [1.54, 1.807) is 0 Å². The van der Waals surface area contributed by atoms with Gasteiger partial charge in [-0.2, -0.15) is 5.26 Å². The van der Waals surface area contributed by atoms with Crippen LogP contribution in [-0.2, 0) is 0 Å². The molecule has 0 spiro atoms. The molecule has 0 unspecified atom stereocenters. The number of nitriles is 1. The third kappa shape index (κ3) is 3.08. The minimum atomic E-state index is 0.375. The largest absolute Gasteiger partial charge is 0.246 e. The van der Waals surface area contributed by atoms with Gasteiger partial charge in [-0.05, 0) is 24.1 Å². The lowest BCUT2D eigenvalue weighted by atomic mass is 10.4. The molecule has 1 aromatic carbocycles. The Morgan fingerprint density at radius 2 is 2.09 bits per heavy atom. The van der Waals surface area contributed by atoms with Gasteiger partial charge in [0, 0.05) is 4.90 Å². The molecule has 0 fully saturated rings. The second-order valence-corrected chi connectivity index (χ2v) is 2.86. The molecule has 2 nitrogen and oxygen atoms in total. The molecular weight excluding hydrogens is 156 g/mol. The molecule has 0 aliphatic carbocycles. The van der Waals surface area contributed by atoms with Crippen molar-refractivity contribution in [2.45, 2.75) is 4.90 Å². The number of hydrogen-bond donors (Lipinski definition) is 1. The van der Waals surface area contributed by atoms with E-state index in [0.717, 1.165) is 4.90 Å². The molecule has 0 aromatic heterocycles. The average molecular weight is 164 g/mol. The standard InChI is InChI=1S/C8H8N2S/c9-6-7-10-11-8-4-2-1-3-5-8/h1-5,10H,7H2. The lowest BCUT2D eigenvalue weighted by molar-refractivity contribution is 1.13. The second-order valence-electron chi connectivity index (χ2n) is 1.89. The van der Waals surface area contributed by atoms with Crippen molar-refractivity contribution in [2.24, 2.45) is 0 Å². The smallest absolute Gasteiger partial charge is 0.0935 e. The summed E-state index contributed by atoms with van der Waals surface area (Å²) >= 11 is 1.47. The van der Waals surface area contributed by atoms with E-state index in [-0.39, 0.29) is 0 Å². The van der Waals surface area contributed by atoms with E-state index in [2.05, 4.69) is 4.72 Å². The zero-order valence-electron chi connectivity index (χ0n) is 5.95. The zero-order valence-corrected chi connectivity index (χ0v) is 6.77. The molecule has 0 aliphatic heterocycles. The molecule has 3 heteroatoms. The van der Waals surface area contributed by atoms with Crippen LogP contribution in [0.2, 0.25) is 0 Å². The normalized spacial score (nSPS) is 9.00. The fourth-order valence-electron chi connectivity index (χ4n) is 0.640. The molecule has 0 saturated heterocycles. The van der Waals surface area contributed by atoms with E-state index < -0.39 is 0 Å². The minimum Gasteiger partial charge on any atom is -0.246 e. The van der Waals surface area contributed by atoms with Crippen molar-refractivity contribution >= 4 is 11.9 Å². The highest BCUT2D eigenvalue weighted by Crippen LogP contribution is 2.11. The Labute approximate surface area is 70.4 Å². The van der Waals surface area contributed by atoms with E-state index in [4.69, 9.17) is 5.26 Å². The molecule has 0 radical (unpaired) electrons. The molecule has 1 rings (SSSR count). The van der Waals surface area contributed by atoms with Crippen molar-refractivity contribution in [3.63, 3.8) is 0 Å². The minimum absolute atomic E-state index is 0.375. The van der Waals surface area contributed by atoms with Crippen LogP contribution in [0.3, 0.4) is 0 Å². The summed E-state index contributed by atoms with van der Waals surface area (Å²) in [4.78, 5) is 1.13. The summed E-state index contributed by atoms with van der Waals surface area (Å²) in [5, 5.41) is 8.22. The molecular formula is C8H8N2S. The lowest BCUT2D eigenvalue weighted by Gasteiger charge is -1.97. The van der Waals surface area contributed by atoms with Crippen LogP contribution in [0.1, 0.15) is 0 Å². The van der Waals surface area contributed by atoms with Crippen molar-refractivity contribution in [3.8, 4) is 6.07 Å². The van der Waals surface area contributed by atoms with Crippen LogP contribution in [-0.4, -0.2) is 6.54 Å². The van der Waals surface area contributed by atoms with E-state index >= 15 is 0 Å². The molecule has 0 saturated carbocycles. The van der Waals surface area contributed by atoms with Crippen LogP contribution >= 0.6 is 11.9 Å². The number of rotatable bonds is 3. The Balaban J connectivity index is 2.35. The summed E-state index contributed by atoms with van der Waals surface area (Å²) in [6, 6.07) is 11.9. The average Bonchev–Trinajstić information content (AvgIpc) is 2.07. The second kappa shape index (κ2) is 4.78. The summed E-state index contributed by atoms with van der Waals surface area (Å²) in [6.07, 6.45) is 0. The highest BCUT2D eigenvalue weighted by atomic mass is 32.2. The van der Waals surface area contributed by atoms with E-state index in [9.17, 15) is 0 Å². The highest BCUT2D eigenvalue weighted by molar-refractivity contribution is 7.97. The van der Waals surface area contributed by atoms with Crippen LogP contribution < -0.4 is 4.72 Å². The lowest BCUT2D eigenvalue weighted by Crippen LogP contribution is -2.01. The van der Waals surface area contributed by atoms with Gasteiger partial charge in [-0.15, -0.1) is 0 Å². The van der Waals surface area contributed by atoms with Crippen LogP contribution in [0, 0.1) is 11.3 Å². The first-order valence-corrected chi connectivity index (χ1v) is 4.07. The third-order valence-electron chi connectivity index (χ3n) is 1.08. The summed E-state index contributed by atoms with van der Waals surface area (Å²) in [5.41, 5.74) is 0. The molecule has 0 bridgehead atoms. The SMILES string of the molecule is N#CCNSc1ccccc1. The van der Waals surface area contributed by atoms with Crippen molar-refractivity contribution in [3.05, 3.63) is 30.3 Å². The number of benzene rings is 1. The fourth-order valence-corrected chi connectivity index (χ4v) is 1.24. The Morgan fingerprint density at radius 1 is 1.36 bits per heavy atom. The van der Waals surface area contributed by atoms with Gasteiger partial charge in [-0.25, -0.2) is 4.72 Å². The predicted molar refractivity (Wildman–Crippen MR) is 45.9 cm³/mol. The van der Waals surface area contributed by atoms with Gasteiger partial charge in [0.25, 0.3) is 0 Å². The molecule has 56 valence electrons. The van der Waals surface area contributed by atoms with Gasteiger partial charge in [0.05, 0.1) is 12.6 Å². The molecule has 0 heterocycles. The van der Waals surface area contributed by atoms with Gasteiger partial charge >= 0.3 is 0 Å². The summed E-state index contributed by atoms with van der Waals surface area (Å²) in [6.45, 7) is 0.375. The van der Waals surface area contributed by atoms with Crippen molar-refractivity contribution in [1.82, 2.24) is 4.72 Å². The Hall–Kier alpha value is -0.980. The van der Waals surface area contributed by atoms with E-state index in [0.29, 0.717) is 6.54 Å². The molecule has 0 amide bonds. The zero-order chi connectivity index (χ0) is 7.94. The van der Waals surface area contributed by atoms with Crippen LogP contribution in [0.25, 0.3) is 0 Å². The maximum Gasteiger partial charge on any atom is 0.0935 e. The Kier molecular flexibility index (Phi) is 3.53. The first kappa shape index (κ1) is 8.12. The molecule has 1 N–H and O–H groups in total. The molecule has 0 aliphatic rings. The Morgan fingerprint density at radius 3 is 2.73 bits per heavy atom. The van der Waals surface area contributed by atoms with Gasteiger partial charge in [-0.1, -0.05) is 18.2 Å². The number of nitrogens with one attached hydrogen (secondary N) is 1. The third-order valence-corrected chi connectivity index (χ3v) is 1.88. The maximum absolute atomic E-state index is 8.22. The first-order valence-electron chi connectivity index (χ1n) is 3.25. The van der Waals surface area contributed by atoms with Crippen molar-refractivity contribution in [1.29, 1.82) is 5.26 Å². The van der Waals surface area contributed by atoms with Crippen LogP contribution in [0.5, 0.6) is 0 Å². The van der Waals surface area contributed by atoms with Gasteiger partial charge in [-0.3, -0.25) is 0 Å².